The highest BCUT2D eigenvalue weighted by atomic mass is 127. The van der Waals surface area contributed by atoms with Crippen molar-refractivity contribution in [2.24, 2.45) is 0 Å². The first-order chi connectivity index (χ1) is 8.50. The monoisotopic (exact) mass is 380 g/mol. The smallest absolute Gasteiger partial charge is 0.254 e. The van der Waals surface area contributed by atoms with E-state index in [1.807, 2.05) is 6.07 Å². The summed E-state index contributed by atoms with van der Waals surface area (Å²) >= 11 is 8.13. The number of amides is 1. The highest BCUT2D eigenvalue weighted by Gasteiger charge is 2.31. The van der Waals surface area contributed by atoms with Gasteiger partial charge in [0.15, 0.2) is 0 Å². The molecule has 0 spiro atoms. The van der Waals surface area contributed by atoms with E-state index in [0.29, 0.717) is 23.7 Å². The van der Waals surface area contributed by atoms with Gasteiger partial charge in [0.2, 0.25) is 0 Å². The number of hydrogen-bond donors (Lipinski definition) is 2. The summed E-state index contributed by atoms with van der Waals surface area (Å²) in [6, 6.07) is 5.04. The summed E-state index contributed by atoms with van der Waals surface area (Å²) < 4.78 is 0.913. The van der Waals surface area contributed by atoms with E-state index in [-0.39, 0.29) is 11.9 Å². The van der Waals surface area contributed by atoms with E-state index in [1.54, 1.807) is 24.1 Å². The van der Waals surface area contributed by atoms with E-state index in [0.717, 1.165) is 3.57 Å². The minimum atomic E-state index is -0.515. The van der Waals surface area contributed by atoms with Crippen LogP contribution in [0.25, 0.3) is 0 Å². The van der Waals surface area contributed by atoms with Gasteiger partial charge in [-0.25, -0.2) is 0 Å². The number of benzene rings is 1. The maximum atomic E-state index is 12.3. The van der Waals surface area contributed by atoms with Crippen molar-refractivity contribution in [1.29, 1.82) is 0 Å². The molecule has 0 unspecified atom stereocenters. The molecule has 1 amide bonds. The molecule has 0 aliphatic carbocycles. The minimum Gasteiger partial charge on any atom is -0.390 e. The second-order valence-corrected chi connectivity index (χ2v) is 5.91. The van der Waals surface area contributed by atoms with Crippen molar-refractivity contribution in [3.05, 3.63) is 32.4 Å². The van der Waals surface area contributed by atoms with Crippen LogP contribution in [0.15, 0.2) is 18.2 Å². The largest absolute Gasteiger partial charge is 0.390 e. The summed E-state index contributed by atoms with van der Waals surface area (Å²) in [4.78, 5) is 13.8. The molecule has 1 aliphatic rings. The van der Waals surface area contributed by atoms with Crippen LogP contribution in [-0.2, 0) is 0 Å². The van der Waals surface area contributed by atoms with Crippen LogP contribution in [0.1, 0.15) is 10.4 Å². The van der Waals surface area contributed by atoms with Gasteiger partial charge >= 0.3 is 0 Å². The predicted molar refractivity (Wildman–Crippen MR) is 78.9 cm³/mol. The Hall–Kier alpha value is -0.370. The number of aliphatic hydroxyl groups is 1. The molecule has 1 fully saturated rings. The maximum Gasteiger partial charge on any atom is 0.254 e. The van der Waals surface area contributed by atoms with Gasteiger partial charge in [-0.05, 0) is 40.8 Å². The van der Waals surface area contributed by atoms with Crippen molar-refractivity contribution in [1.82, 2.24) is 10.2 Å². The number of carbonyl (C=O) groups is 1. The molecule has 2 atom stereocenters. The molecule has 2 rings (SSSR count). The molecule has 0 radical (unpaired) electrons. The van der Waals surface area contributed by atoms with E-state index in [1.165, 1.54) is 0 Å². The third-order valence-electron chi connectivity index (χ3n) is 3.14. The molecule has 1 heterocycles. The summed E-state index contributed by atoms with van der Waals surface area (Å²) in [7, 11) is 1.70. The minimum absolute atomic E-state index is 0.124. The second-order valence-electron chi connectivity index (χ2n) is 4.34. The third kappa shape index (κ3) is 2.79. The summed E-state index contributed by atoms with van der Waals surface area (Å²) in [5, 5.41) is 13.4. The van der Waals surface area contributed by atoms with Gasteiger partial charge in [-0.2, -0.15) is 0 Å². The number of rotatable bonds is 2. The van der Waals surface area contributed by atoms with Crippen molar-refractivity contribution in [2.45, 2.75) is 12.1 Å². The lowest BCUT2D eigenvalue weighted by Gasteiger charge is -2.26. The van der Waals surface area contributed by atoms with E-state index >= 15 is 0 Å². The average Bonchev–Trinajstić information content (AvgIpc) is 2.77. The van der Waals surface area contributed by atoms with Gasteiger partial charge in [-0.3, -0.25) is 4.79 Å². The molecule has 0 bridgehead atoms. The Morgan fingerprint density at radius 3 is 2.83 bits per heavy atom. The Morgan fingerprint density at radius 2 is 2.28 bits per heavy atom. The summed E-state index contributed by atoms with van der Waals surface area (Å²) in [5.41, 5.74) is 0.544. The molecule has 4 nitrogen and oxygen atoms in total. The average molecular weight is 381 g/mol. The molecule has 98 valence electrons. The SMILES string of the molecule is CN(C(=O)c1ccc(I)c(Cl)c1)[C@@H]1CNC[C@H]1O. The molecule has 1 aromatic rings. The number of halogens is 2. The fourth-order valence-corrected chi connectivity index (χ4v) is 2.55. The molecule has 0 aromatic heterocycles. The van der Waals surface area contributed by atoms with Gasteiger partial charge < -0.3 is 15.3 Å². The molecule has 1 aromatic carbocycles. The zero-order valence-electron chi connectivity index (χ0n) is 9.86. The van der Waals surface area contributed by atoms with Gasteiger partial charge in [0.1, 0.15) is 0 Å². The normalized spacial score (nSPS) is 23.1. The molecule has 2 N–H and O–H groups in total. The van der Waals surface area contributed by atoms with E-state index in [4.69, 9.17) is 11.6 Å². The number of carbonyl (C=O) groups excluding carboxylic acids is 1. The fourth-order valence-electron chi connectivity index (χ4n) is 2.03. The van der Waals surface area contributed by atoms with Crippen LogP contribution in [0.4, 0.5) is 0 Å². The van der Waals surface area contributed by atoms with Crippen molar-refractivity contribution >= 4 is 40.1 Å². The van der Waals surface area contributed by atoms with Gasteiger partial charge in [0, 0.05) is 29.3 Å². The predicted octanol–water partition coefficient (Wildman–Crippen LogP) is 1.35. The van der Waals surface area contributed by atoms with Crippen LogP contribution < -0.4 is 5.32 Å². The van der Waals surface area contributed by atoms with Crippen LogP contribution in [0.5, 0.6) is 0 Å². The standard InChI is InChI=1S/C12H14ClIN2O2/c1-16(10-5-15-6-11(10)17)12(18)7-2-3-9(14)8(13)4-7/h2-4,10-11,15,17H,5-6H2,1H3/t10-,11-/m1/s1. The number of nitrogens with one attached hydrogen (secondary N) is 1. The molecular formula is C12H14ClIN2O2. The molecule has 6 heteroatoms. The summed E-state index contributed by atoms with van der Waals surface area (Å²) in [6.45, 7) is 1.14. The van der Waals surface area contributed by atoms with Crippen LogP contribution >= 0.6 is 34.2 Å². The number of hydrogen-bond acceptors (Lipinski definition) is 3. The number of likely N-dealkylation sites (N-methyl/N-ethyl adjacent to an activating group) is 1. The van der Waals surface area contributed by atoms with Gasteiger partial charge in [0.05, 0.1) is 17.2 Å². The Morgan fingerprint density at radius 1 is 1.56 bits per heavy atom. The molecular weight excluding hydrogens is 367 g/mol. The van der Waals surface area contributed by atoms with Crippen LogP contribution in [0.3, 0.4) is 0 Å². The lowest BCUT2D eigenvalue weighted by atomic mass is 10.1. The first-order valence-corrected chi connectivity index (χ1v) is 7.07. The second kappa shape index (κ2) is 5.73. The quantitative estimate of drug-likeness (QED) is 0.762. The lowest BCUT2D eigenvalue weighted by molar-refractivity contribution is 0.0581. The van der Waals surface area contributed by atoms with Crippen molar-refractivity contribution in [2.75, 3.05) is 20.1 Å². The fraction of sp³-hybridized carbons (Fsp3) is 0.417. The van der Waals surface area contributed by atoms with E-state index < -0.39 is 6.10 Å². The molecule has 0 saturated carbocycles. The van der Waals surface area contributed by atoms with E-state index in [2.05, 4.69) is 27.9 Å². The lowest BCUT2D eigenvalue weighted by Crippen LogP contribution is -2.44. The zero-order chi connectivity index (χ0) is 13.3. The molecule has 1 aliphatic heterocycles. The zero-order valence-corrected chi connectivity index (χ0v) is 12.8. The number of nitrogens with zero attached hydrogens (tertiary/aromatic N) is 1. The van der Waals surface area contributed by atoms with Gasteiger partial charge in [0.25, 0.3) is 5.91 Å². The highest BCUT2D eigenvalue weighted by Crippen LogP contribution is 2.21. The Bertz CT molecular complexity index is 469. The molecule has 18 heavy (non-hydrogen) atoms. The summed E-state index contributed by atoms with van der Waals surface area (Å²) in [5.74, 6) is -0.124. The Labute approximate surface area is 124 Å². The van der Waals surface area contributed by atoms with Crippen LogP contribution in [-0.4, -0.2) is 48.2 Å². The Kier molecular flexibility index (Phi) is 4.47. The van der Waals surface area contributed by atoms with Crippen molar-refractivity contribution in [3.8, 4) is 0 Å². The third-order valence-corrected chi connectivity index (χ3v) is 4.71. The first-order valence-electron chi connectivity index (χ1n) is 5.61. The van der Waals surface area contributed by atoms with Crippen LogP contribution in [0.2, 0.25) is 5.02 Å². The topological polar surface area (TPSA) is 52.6 Å². The maximum absolute atomic E-state index is 12.3. The van der Waals surface area contributed by atoms with Gasteiger partial charge in [-0.1, -0.05) is 11.6 Å². The number of aliphatic hydroxyl groups excluding tert-OH is 1. The summed E-state index contributed by atoms with van der Waals surface area (Å²) in [6.07, 6.45) is -0.515. The molecule has 1 saturated heterocycles. The number of β-amino-alcohol motifs (C(OH)–C–C–N with tert-alkyl or cyclic N) is 1. The van der Waals surface area contributed by atoms with Crippen LogP contribution in [0, 0.1) is 3.57 Å². The van der Waals surface area contributed by atoms with Crippen molar-refractivity contribution < 1.29 is 9.90 Å². The highest BCUT2D eigenvalue weighted by molar-refractivity contribution is 14.1. The first kappa shape index (κ1) is 14.0. The van der Waals surface area contributed by atoms with Crippen molar-refractivity contribution in [3.63, 3.8) is 0 Å². The van der Waals surface area contributed by atoms with Gasteiger partial charge in [-0.15, -0.1) is 0 Å². The van der Waals surface area contributed by atoms with E-state index in [9.17, 15) is 9.90 Å². The Balaban J connectivity index is 2.17.